The maximum absolute atomic E-state index is 6.40. The zero-order chi connectivity index (χ0) is 26.2. The molecule has 0 bridgehead atoms. The third-order valence-electron chi connectivity index (χ3n) is 7.51. The normalized spacial score (nSPS) is 13.9. The first kappa shape index (κ1) is 23.4. The summed E-state index contributed by atoms with van der Waals surface area (Å²) in [6, 6.07) is 27.8. The zero-order valence-electron chi connectivity index (χ0n) is 21.7. The summed E-state index contributed by atoms with van der Waals surface area (Å²) in [6.07, 6.45) is 4.36. The molecule has 1 fully saturated rings. The minimum Gasteiger partial charge on any atom is -0.382 e. The maximum atomic E-state index is 6.40. The fraction of sp³-hybridized carbons (Fsp3) is 0.194. The molecule has 8 heteroatoms. The van der Waals surface area contributed by atoms with Crippen LogP contribution in [0.3, 0.4) is 0 Å². The van der Waals surface area contributed by atoms with E-state index in [1.54, 1.807) is 0 Å². The molecule has 3 aromatic carbocycles. The highest BCUT2D eigenvalue weighted by atomic mass is 15.3. The first-order chi connectivity index (χ1) is 19.2. The zero-order valence-corrected chi connectivity index (χ0v) is 21.7. The van der Waals surface area contributed by atoms with Crippen molar-refractivity contribution in [3.05, 3.63) is 108 Å². The van der Waals surface area contributed by atoms with Crippen LogP contribution in [0.25, 0.3) is 27.5 Å². The van der Waals surface area contributed by atoms with Gasteiger partial charge in [-0.05, 0) is 41.0 Å². The first-order valence-corrected chi connectivity index (χ1v) is 13.4. The quantitative estimate of drug-likeness (QED) is 0.343. The molecule has 0 atom stereocenters. The van der Waals surface area contributed by atoms with Crippen LogP contribution in [0, 0.1) is 0 Å². The van der Waals surface area contributed by atoms with Gasteiger partial charge in [-0.3, -0.25) is 4.68 Å². The Labute approximate surface area is 226 Å². The average Bonchev–Trinajstić information content (AvgIpc) is 3.55. The van der Waals surface area contributed by atoms with Crippen molar-refractivity contribution in [2.75, 3.05) is 36.8 Å². The van der Waals surface area contributed by atoms with E-state index in [1.165, 1.54) is 23.1 Å². The van der Waals surface area contributed by atoms with Crippen molar-refractivity contribution in [1.29, 1.82) is 0 Å². The number of aromatic nitrogens is 5. The van der Waals surface area contributed by atoms with Gasteiger partial charge in [0.25, 0.3) is 0 Å². The number of hydrogen-bond donors (Lipinski definition) is 2. The highest BCUT2D eigenvalue weighted by Crippen LogP contribution is 2.33. The predicted molar refractivity (Wildman–Crippen MR) is 156 cm³/mol. The van der Waals surface area contributed by atoms with Gasteiger partial charge in [0.1, 0.15) is 11.8 Å². The molecule has 1 aliphatic heterocycles. The summed E-state index contributed by atoms with van der Waals surface area (Å²) in [7, 11) is 0. The number of hydrogen-bond acceptors (Lipinski definition) is 6. The second kappa shape index (κ2) is 9.89. The van der Waals surface area contributed by atoms with E-state index < -0.39 is 0 Å². The van der Waals surface area contributed by atoms with E-state index in [0.717, 1.165) is 72.4 Å². The van der Waals surface area contributed by atoms with Gasteiger partial charge in [0.15, 0.2) is 5.82 Å². The molecule has 4 heterocycles. The lowest BCUT2D eigenvalue weighted by Crippen LogP contribution is -2.43. The van der Waals surface area contributed by atoms with Gasteiger partial charge in [-0.15, -0.1) is 0 Å². The molecule has 8 nitrogen and oxygen atoms in total. The predicted octanol–water partition coefficient (Wildman–Crippen LogP) is 4.38. The molecule has 0 radical (unpaired) electrons. The summed E-state index contributed by atoms with van der Waals surface area (Å²) < 4.78 is 3.93. The molecule has 194 valence electrons. The molecule has 1 saturated heterocycles. The number of nitrogens with two attached hydrogens (primary N) is 1. The van der Waals surface area contributed by atoms with E-state index >= 15 is 0 Å². The van der Waals surface area contributed by atoms with Crippen molar-refractivity contribution in [2.24, 2.45) is 0 Å². The number of anilines is 2. The molecule has 0 unspecified atom stereocenters. The molecule has 1 aliphatic rings. The largest absolute Gasteiger partial charge is 0.382 e. The van der Waals surface area contributed by atoms with Crippen LogP contribution in [-0.4, -0.2) is 50.6 Å². The fourth-order valence-electron chi connectivity index (χ4n) is 5.52. The second-order valence-electron chi connectivity index (χ2n) is 10.1. The number of benzene rings is 3. The molecule has 3 N–H and O–H groups in total. The Bertz CT molecular complexity index is 1750. The van der Waals surface area contributed by atoms with Gasteiger partial charge in [-0.2, -0.15) is 10.2 Å². The van der Waals surface area contributed by atoms with Crippen molar-refractivity contribution in [1.82, 2.24) is 29.7 Å². The van der Waals surface area contributed by atoms with Crippen LogP contribution in [-0.2, 0) is 13.0 Å². The lowest BCUT2D eigenvalue weighted by molar-refractivity contribution is 0.589. The summed E-state index contributed by atoms with van der Waals surface area (Å²) in [6.45, 7) is 4.87. The van der Waals surface area contributed by atoms with Gasteiger partial charge < -0.3 is 16.0 Å². The second-order valence-corrected chi connectivity index (χ2v) is 10.1. The number of rotatable bonds is 6. The Morgan fingerprint density at radius 2 is 1.69 bits per heavy atom. The van der Waals surface area contributed by atoms with Gasteiger partial charge in [-0.1, -0.05) is 54.6 Å². The molecule has 39 heavy (non-hydrogen) atoms. The van der Waals surface area contributed by atoms with Crippen molar-refractivity contribution in [3.63, 3.8) is 0 Å². The highest BCUT2D eigenvalue weighted by molar-refractivity contribution is 5.92. The van der Waals surface area contributed by atoms with Crippen molar-refractivity contribution >= 4 is 27.9 Å². The monoisotopic (exact) mass is 514 g/mol. The molecular formula is C31H30N8. The van der Waals surface area contributed by atoms with Gasteiger partial charge in [0.2, 0.25) is 0 Å². The summed E-state index contributed by atoms with van der Waals surface area (Å²) in [5.74, 6) is 0.468. The Kier molecular flexibility index (Phi) is 5.94. The Morgan fingerprint density at radius 1 is 0.872 bits per heavy atom. The highest BCUT2D eigenvalue weighted by Gasteiger charge is 2.17. The van der Waals surface area contributed by atoms with E-state index in [9.17, 15) is 0 Å². The van der Waals surface area contributed by atoms with Crippen LogP contribution in [0.1, 0.15) is 16.8 Å². The molecule has 0 aliphatic carbocycles. The smallest absolute Gasteiger partial charge is 0.151 e. The van der Waals surface area contributed by atoms with Gasteiger partial charge >= 0.3 is 0 Å². The summed E-state index contributed by atoms with van der Waals surface area (Å²) in [5, 5.41) is 14.0. The summed E-state index contributed by atoms with van der Waals surface area (Å²) in [5.41, 5.74) is 15.0. The van der Waals surface area contributed by atoms with Gasteiger partial charge in [0.05, 0.1) is 12.1 Å². The van der Waals surface area contributed by atoms with E-state index in [0.29, 0.717) is 5.82 Å². The number of nitrogens with one attached hydrogen (secondary N) is 1. The minimum atomic E-state index is 0.468. The molecule has 6 aromatic rings. The van der Waals surface area contributed by atoms with E-state index in [2.05, 4.69) is 99.3 Å². The number of piperazine rings is 1. The first-order valence-electron chi connectivity index (χ1n) is 13.4. The third-order valence-corrected chi connectivity index (χ3v) is 7.51. The van der Waals surface area contributed by atoms with Crippen LogP contribution in [0.4, 0.5) is 11.5 Å². The van der Waals surface area contributed by atoms with Crippen LogP contribution >= 0.6 is 0 Å². The van der Waals surface area contributed by atoms with E-state index in [4.69, 9.17) is 10.8 Å². The van der Waals surface area contributed by atoms with Crippen LogP contribution in [0.5, 0.6) is 0 Å². The summed E-state index contributed by atoms with van der Waals surface area (Å²) >= 11 is 0. The van der Waals surface area contributed by atoms with Crippen LogP contribution in [0.2, 0.25) is 0 Å². The molecule has 0 saturated carbocycles. The lowest BCUT2D eigenvalue weighted by Gasteiger charge is -2.29. The number of nitrogen functional groups attached to an aromatic ring is 1. The molecular weight excluding hydrogens is 484 g/mol. The van der Waals surface area contributed by atoms with Crippen molar-refractivity contribution in [2.45, 2.75) is 13.0 Å². The molecule has 0 spiro atoms. The SMILES string of the molecule is Nc1ncnn2c(Cc3ccc(N4CCNCC4)cc3)cc(-c3ccc4cn(Cc5ccccc5)nc4c3)c12. The van der Waals surface area contributed by atoms with E-state index in [1.807, 2.05) is 15.3 Å². The summed E-state index contributed by atoms with van der Waals surface area (Å²) in [4.78, 5) is 6.73. The van der Waals surface area contributed by atoms with Gasteiger partial charge in [0, 0.05) is 61.1 Å². The fourth-order valence-corrected chi connectivity index (χ4v) is 5.52. The molecule has 3 aromatic heterocycles. The Hall–Kier alpha value is -4.69. The topological polar surface area (TPSA) is 89.3 Å². The average molecular weight is 515 g/mol. The van der Waals surface area contributed by atoms with Crippen LogP contribution < -0.4 is 16.0 Å². The standard InChI is InChI=1S/C31H30N8/c32-31-30-28(24-8-9-25-20-38(36-29(25)17-24)19-23-4-2-1-3-5-23)18-27(39(30)35-21-34-31)16-22-6-10-26(11-7-22)37-14-12-33-13-15-37/h1-11,17-18,20-21,33H,12-16,19H2,(H2,32,34,35). The lowest BCUT2D eigenvalue weighted by atomic mass is 10.0. The Balaban J connectivity index is 1.21. The molecule has 7 rings (SSSR count). The Morgan fingerprint density at radius 3 is 2.51 bits per heavy atom. The maximum Gasteiger partial charge on any atom is 0.151 e. The number of fused-ring (bicyclic) bond motifs is 2. The van der Waals surface area contributed by atoms with Crippen molar-refractivity contribution < 1.29 is 0 Å². The van der Waals surface area contributed by atoms with Crippen molar-refractivity contribution in [3.8, 4) is 11.1 Å². The minimum absolute atomic E-state index is 0.468. The third kappa shape index (κ3) is 4.59. The van der Waals surface area contributed by atoms with Gasteiger partial charge in [-0.25, -0.2) is 9.50 Å². The number of nitrogens with zero attached hydrogens (tertiary/aromatic N) is 6. The van der Waals surface area contributed by atoms with Crippen LogP contribution in [0.15, 0.2) is 91.4 Å². The van der Waals surface area contributed by atoms with E-state index in [-0.39, 0.29) is 0 Å². The molecule has 0 amide bonds.